The average molecular weight is 518 g/mol. The fourth-order valence-corrected chi connectivity index (χ4v) is 5.08. The van der Waals surface area contributed by atoms with Gasteiger partial charge in [0.1, 0.15) is 11.5 Å². The van der Waals surface area contributed by atoms with Gasteiger partial charge in [-0.15, -0.1) is 10.2 Å². The number of amides is 1. The maximum absolute atomic E-state index is 14.9. The van der Waals surface area contributed by atoms with Crippen LogP contribution in [0.25, 0.3) is 11.3 Å². The van der Waals surface area contributed by atoms with Crippen LogP contribution < -0.4 is 10.5 Å². The van der Waals surface area contributed by atoms with Crippen molar-refractivity contribution in [1.29, 1.82) is 0 Å². The molecule has 4 rings (SSSR count). The average Bonchev–Trinajstić information content (AvgIpc) is 3.34. The number of hydrogen-bond donors (Lipinski definition) is 1. The Morgan fingerprint density at radius 2 is 1.89 bits per heavy atom. The highest BCUT2D eigenvalue weighted by atomic mass is 19.1. The summed E-state index contributed by atoms with van der Waals surface area (Å²) in [6, 6.07) is 7.83. The van der Waals surface area contributed by atoms with Crippen molar-refractivity contribution in [3.05, 3.63) is 41.7 Å². The zero-order valence-corrected chi connectivity index (χ0v) is 21.7. The molecule has 0 aliphatic carbocycles. The second kappa shape index (κ2) is 12.2. The molecular formula is C27H37F2N5O3. The van der Waals surface area contributed by atoms with Crippen molar-refractivity contribution in [3.63, 3.8) is 0 Å². The van der Waals surface area contributed by atoms with E-state index in [4.69, 9.17) is 15.2 Å². The van der Waals surface area contributed by atoms with Crippen LogP contribution in [0.5, 0.6) is 5.88 Å². The molecule has 8 nitrogen and oxygen atoms in total. The summed E-state index contributed by atoms with van der Waals surface area (Å²) in [7, 11) is 0. The van der Waals surface area contributed by atoms with Crippen molar-refractivity contribution in [3.8, 4) is 17.1 Å². The number of piperidine rings is 1. The van der Waals surface area contributed by atoms with Gasteiger partial charge in [-0.1, -0.05) is 6.07 Å². The molecule has 202 valence electrons. The SMILES string of the molecule is CC(C)(F)CN1CCC(COc2ccc(-c3ccc(C(=O)N4CCC[C@H]4COCN)c(F)c3)nn2)CC1. The van der Waals surface area contributed by atoms with Gasteiger partial charge in [-0.2, -0.15) is 0 Å². The number of nitrogens with two attached hydrogens (primary N) is 1. The molecule has 2 aliphatic rings. The second-order valence-electron chi connectivity index (χ2n) is 10.5. The van der Waals surface area contributed by atoms with Crippen LogP contribution >= 0.6 is 0 Å². The van der Waals surface area contributed by atoms with Gasteiger partial charge in [-0.25, -0.2) is 8.78 Å². The number of alkyl halides is 1. The van der Waals surface area contributed by atoms with E-state index < -0.39 is 11.5 Å². The number of ether oxygens (including phenoxy) is 2. The fourth-order valence-electron chi connectivity index (χ4n) is 5.08. The summed E-state index contributed by atoms with van der Waals surface area (Å²) in [5.74, 6) is -0.154. The van der Waals surface area contributed by atoms with E-state index in [9.17, 15) is 13.6 Å². The quantitative estimate of drug-likeness (QED) is 0.481. The Kier molecular flexibility index (Phi) is 9.04. The van der Waals surface area contributed by atoms with Gasteiger partial charge in [-0.05, 0) is 76.7 Å². The minimum Gasteiger partial charge on any atom is -0.476 e. The number of aromatic nitrogens is 2. The molecule has 0 radical (unpaired) electrons. The predicted octanol–water partition coefficient (Wildman–Crippen LogP) is 3.66. The van der Waals surface area contributed by atoms with Crippen LogP contribution in [0.4, 0.5) is 8.78 Å². The maximum atomic E-state index is 14.9. The highest BCUT2D eigenvalue weighted by Crippen LogP contribution is 2.26. The molecule has 2 aromatic rings. The summed E-state index contributed by atoms with van der Waals surface area (Å²) in [6.45, 7) is 6.92. The largest absolute Gasteiger partial charge is 0.476 e. The van der Waals surface area contributed by atoms with Crippen molar-refractivity contribution >= 4 is 5.91 Å². The topological polar surface area (TPSA) is 93.8 Å². The molecule has 2 saturated heterocycles. The molecule has 3 heterocycles. The highest BCUT2D eigenvalue weighted by Gasteiger charge is 2.31. The van der Waals surface area contributed by atoms with Gasteiger partial charge >= 0.3 is 0 Å². The van der Waals surface area contributed by atoms with Gasteiger partial charge in [0.25, 0.3) is 5.91 Å². The molecular weight excluding hydrogens is 480 g/mol. The maximum Gasteiger partial charge on any atom is 0.257 e. The van der Waals surface area contributed by atoms with Gasteiger partial charge in [0.15, 0.2) is 0 Å². The van der Waals surface area contributed by atoms with E-state index in [1.807, 2.05) is 0 Å². The first-order valence-corrected chi connectivity index (χ1v) is 13.0. The van der Waals surface area contributed by atoms with Crippen molar-refractivity contribution < 1.29 is 23.0 Å². The number of hydrogen-bond acceptors (Lipinski definition) is 7. The summed E-state index contributed by atoms with van der Waals surface area (Å²) in [5.41, 5.74) is 5.26. The molecule has 1 aromatic carbocycles. The van der Waals surface area contributed by atoms with Crippen LogP contribution in [-0.2, 0) is 4.74 Å². The number of carbonyl (C=O) groups is 1. The van der Waals surface area contributed by atoms with Crippen LogP contribution in [0.15, 0.2) is 30.3 Å². The Balaban J connectivity index is 1.30. The highest BCUT2D eigenvalue weighted by molar-refractivity contribution is 5.95. The van der Waals surface area contributed by atoms with E-state index in [-0.39, 0.29) is 24.2 Å². The van der Waals surface area contributed by atoms with Gasteiger partial charge in [-0.3, -0.25) is 4.79 Å². The summed E-state index contributed by atoms with van der Waals surface area (Å²) in [4.78, 5) is 16.8. The van der Waals surface area contributed by atoms with Crippen molar-refractivity contribution in [2.45, 2.75) is 51.2 Å². The third-order valence-electron chi connectivity index (χ3n) is 6.98. The normalized spacial score (nSPS) is 19.4. The predicted molar refractivity (Wildman–Crippen MR) is 136 cm³/mol. The fraction of sp³-hybridized carbons (Fsp3) is 0.593. The monoisotopic (exact) mass is 517 g/mol. The number of rotatable bonds is 10. The zero-order chi connectivity index (χ0) is 26.4. The second-order valence-corrected chi connectivity index (χ2v) is 10.5. The van der Waals surface area contributed by atoms with Crippen LogP contribution in [0.3, 0.4) is 0 Å². The lowest BCUT2D eigenvalue weighted by atomic mass is 9.97. The lowest BCUT2D eigenvalue weighted by molar-refractivity contribution is 0.0548. The Labute approximate surface area is 217 Å². The minimum absolute atomic E-state index is 0.0254. The van der Waals surface area contributed by atoms with E-state index >= 15 is 0 Å². The van der Waals surface area contributed by atoms with Crippen LogP contribution in [0.2, 0.25) is 0 Å². The Morgan fingerprint density at radius 1 is 1.11 bits per heavy atom. The number of likely N-dealkylation sites (tertiary alicyclic amines) is 2. The lowest BCUT2D eigenvalue weighted by Gasteiger charge is -2.34. The van der Waals surface area contributed by atoms with E-state index in [0.29, 0.717) is 49.4 Å². The molecule has 1 atom stereocenters. The van der Waals surface area contributed by atoms with E-state index in [0.717, 1.165) is 38.8 Å². The third-order valence-corrected chi connectivity index (χ3v) is 6.98. The molecule has 10 heteroatoms. The van der Waals surface area contributed by atoms with Gasteiger partial charge in [0.05, 0.1) is 37.2 Å². The van der Waals surface area contributed by atoms with Gasteiger partial charge in [0.2, 0.25) is 5.88 Å². The molecule has 0 spiro atoms. The number of carbonyl (C=O) groups excluding carboxylic acids is 1. The third kappa shape index (κ3) is 7.43. The van der Waals surface area contributed by atoms with Crippen LogP contribution in [0, 0.1) is 11.7 Å². The number of benzene rings is 1. The molecule has 0 saturated carbocycles. The summed E-state index contributed by atoms with van der Waals surface area (Å²) in [6.07, 6.45) is 3.56. The van der Waals surface area contributed by atoms with E-state index in [2.05, 4.69) is 15.1 Å². The lowest BCUT2D eigenvalue weighted by Crippen LogP contribution is -2.41. The molecule has 1 aromatic heterocycles. The molecule has 0 unspecified atom stereocenters. The number of nitrogens with zero attached hydrogens (tertiary/aromatic N) is 4. The van der Waals surface area contributed by atoms with E-state index in [1.165, 1.54) is 12.1 Å². The van der Waals surface area contributed by atoms with Crippen LogP contribution in [-0.4, -0.2) is 83.7 Å². The number of halogens is 2. The first kappa shape index (κ1) is 27.3. The Morgan fingerprint density at radius 3 is 2.54 bits per heavy atom. The smallest absolute Gasteiger partial charge is 0.257 e. The van der Waals surface area contributed by atoms with Crippen molar-refractivity contribution in [2.75, 3.05) is 46.1 Å². The molecule has 2 aliphatic heterocycles. The van der Waals surface area contributed by atoms with Crippen molar-refractivity contribution in [1.82, 2.24) is 20.0 Å². The summed E-state index contributed by atoms with van der Waals surface area (Å²) >= 11 is 0. The standard InChI is InChI=1S/C27H37F2N5O3/c1-27(2,29)17-33-12-9-19(10-13-33)15-37-25-8-7-24(31-32-25)20-5-6-22(23(28)14-20)26(35)34-11-3-4-21(34)16-36-18-30/h5-8,14,19,21H,3-4,9-13,15-18,30H2,1-2H3/t21-/m0/s1. The molecule has 2 fully saturated rings. The zero-order valence-electron chi connectivity index (χ0n) is 21.7. The molecule has 0 bridgehead atoms. The Bertz CT molecular complexity index is 1040. The molecule has 2 N–H and O–H groups in total. The summed E-state index contributed by atoms with van der Waals surface area (Å²) in [5, 5.41) is 8.33. The first-order valence-electron chi connectivity index (χ1n) is 13.0. The molecule has 37 heavy (non-hydrogen) atoms. The molecule has 1 amide bonds. The first-order chi connectivity index (χ1) is 17.7. The Hall–Kier alpha value is -2.69. The summed E-state index contributed by atoms with van der Waals surface area (Å²) < 4.78 is 39.9. The van der Waals surface area contributed by atoms with Crippen LogP contribution in [0.1, 0.15) is 49.9 Å². The van der Waals surface area contributed by atoms with Gasteiger partial charge in [0, 0.05) is 24.7 Å². The van der Waals surface area contributed by atoms with Crippen molar-refractivity contribution in [2.24, 2.45) is 11.7 Å². The minimum atomic E-state index is -1.18. The van der Waals surface area contributed by atoms with E-state index in [1.54, 1.807) is 36.9 Å². The van der Waals surface area contributed by atoms with Gasteiger partial charge < -0.3 is 25.0 Å².